The third kappa shape index (κ3) is 3.39. The van der Waals surface area contributed by atoms with Crippen molar-refractivity contribution in [3.05, 3.63) is 65.7 Å². The van der Waals surface area contributed by atoms with Gasteiger partial charge in [-0.3, -0.25) is 9.89 Å². The first kappa shape index (κ1) is 14.4. The molecule has 1 aromatic carbocycles. The highest BCUT2D eigenvalue weighted by Crippen LogP contribution is 2.19. The Bertz CT molecular complexity index is 846. The highest BCUT2D eigenvalue weighted by Gasteiger charge is 2.12. The first-order chi connectivity index (χ1) is 11.3. The van der Waals surface area contributed by atoms with Crippen LogP contribution in [0.3, 0.4) is 0 Å². The van der Waals surface area contributed by atoms with E-state index in [1.807, 2.05) is 0 Å². The number of nitrogens with zero attached hydrogens (tertiary/aromatic N) is 2. The second-order valence-corrected chi connectivity index (χ2v) is 4.59. The molecule has 0 radical (unpaired) electrons. The normalized spacial score (nSPS) is 10.0. The summed E-state index contributed by atoms with van der Waals surface area (Å²) in [5, 5.41) is 18.0. The molecule has 114 valence electrons. The number of hydrogen-bond acceptors (Lipinski definition) is 5. The minimum atomic E-state index is -0.391. The second kappa shape index (κ2) is 6.49. The van der Waals surface area contributed by atoms with E-state index in [1.165, 1.54) is 6.20 Å². The van der Waals surface area contributed by atoms with Crippen LogP contribution in [0.4, 0.5) is 5.82 Å². The lowest BCUT2D eigenvalue weighted by Crippen LogP contribution is -2.11. The van der Waals surface area contributed by atoms with Gasteiger partial charge in [0, 0.05) is 6.07 Å². The van der Waals surface area contributed by atoms with Crippen LogP contribution in [-0.2, 0) is 6.61 Å². The topological polar surface area (TPSA) is 104 Å². The molecule has 0 atom stereocenters. The van der Waals surface area contributed by atoms with Crippen LogP contribution in [0.5, 0.6) is 5.75 Å². The Morgan fingerprint density at radius 2 is 2.17 bits per heavy atom. The third-order valence-corrected chi connectivity index (χ3v) is 3.01. The Morgan fingerprint density at radius 3 is 2.96 bits per heavy atom. The molecule has 7 nitrogen and oxygen atoms in total. The van der Waals surface area contributed by atoms with Crippen molar-refractivity contribution in [1.82, 2.24) is 10.2 Å². The number of benzene rings is 1. The van der Waals surface area contributed by atoms with E-state index in [9.17, 15) is 4.79 Å². The van der Waals surface area contributed by atoms with Gasteiger partial charge in [0.25, 0.3) is 5.91 Å². The van der Waals surface area contributed by atoms with Gasteiger partial charge in [0.1, 0.15) is 30.0 Å². The quantitative estimate of drug-likeness (QED) is 0.754. The van der Waals surface area contributed by atoms with Crippen LogP contribution in [0, 0.1) is 11.3 Å². The first-order valence-corrected chi connectivity index (χ1v) is 6.77. The Hall–Kier alpha value is -3.53. The van der Waals surface area contributed by atoms with Gasteiger partial charge in [0.2, 0.25) is 0 Å². The van der Waals surface area contributed by atoms with Gasteiger partial charge >= 0.3 is 0 Å². The number of carbonyl (C=O) groups is 1. The van der Waals surface area contributed by atoms with E-state index in [0.29, 0.717) is 22.9 Å². The summed E-state index contributed by atoms with van der Waals surface area (Å²) in [4.78, 5) is 12.0. The van der Waals surface area contributed by atoms with Crippen molar-refractivity contribution in [2.75, 3.05) is 5.32 Å². The zero-order valence-corrected chi connectivity index (χ0v) is 11.9. The number of nitriles is 1. The summed E-state index contributed by atoms with van der Waals surface area (Å²) in [5.41, 5.74) is 0.441. The van der Waals surface area contributed by atoms with E-state index in [1.54, 1.807) is 42.5 Å². The molecule has 7 heteroatoms. The molecule has 0 aliphatic heterocycles. The van der Waals surface area contributed by atoms with Gasteiger partial charge in [0.05, 0.1) is 11.8 Å². The van der Waals surface area contributed by atoms with Gasteiger partial charge in [-0.2, -0.15) is 10.4 Å². The van der Waals surface area contributed by atoms with Crippen molar-refractivity contribution >= 4 is 11.7 Å². The monoisotopic (exact) mass is 308 g/mol. The molecular formula is C16H12N4O3. The van der Waals surface area contributed by atoms with Gasteiger partial charge in [-0.25, -0.2) is 0 Å². The number of furan rings is 1. The summed E-state index contributed by atoms with van der Waals surface area (Å²) in [6.45, 7) is 0.121. The number of ether oxygens (including phenoxy) is 1. The van der Waals surface area contributed by atoms with Gasteiger partial charge in [0.15, 0.2) is 5.76 Å². The molecule has 2 heterocycles. The molecule has 23 heavy (non-hydrogen) atoms. The summed E-state index contributed by atoms with van der Waals surface area (Å²) >= 11 is 0. The van der Waals surface area contributed by atoms with E-state index < -0.39 is 5.91 Å². The lowest BCUT2D eigenvalue weighted by atomic mass is 10.2. The smallest absolute Gasteiger partial charge is 0.292 e. The van der Waals surface area contributed by atoms with Crippen LogP contribution in [0.15, 0.2) is 53.1 Å². The number of amides is 1. The van der Waals surface area contributed by atoms with Crippen molar-refractivity contribution in [3.8, 4) is 11.8 Å². The standard InChI is InChI=1S/C16H12N4O3/c17-9-11-3-1-2-4-13(11)22-10-12-5-6-14(23-12)16(21)19-15-7-8-18-20-15/h1-8H,10H2,(H2,18,19,20,21). The Balaban J connectivity index is 1.63. The summed E-state index contributed by atoms with van der Waals surface area (Å²) in [7, 11) is 0. The summed E-state index contributed by atoms with van der Waals surface area (Å²) < 4.78 is 11.0. The zero-order valence-electron chi connectivity index (χ0n) is 11.9. The van der Waals surface area contributed by atoms with E-state index in [4.69, 9.17) is 14.4 Å². The van der Waals surface area contributed by atoms with Gasteiger partial charge < -0.3 is 14.5 Å². The molecular weight excluding hydrogens is 296 g/mol. The SMILES string of the molecule is N#Cc1ccccc1OCc1ccc(C(=O)Nc2ccn[nH]2)o1. The number of H-pyrrole nitrogens is 1. The largest absolute Gasteiger partial charge is 0.484 e. The van der Waals surface area contributed by atoms with Crippen molar-refractivity contribution in [1.29, 1.82) is 5.26 Å². The van der Waals surface area contributed by atoms with Crippen LogP contribution >= 0.6 is 0 Å². The number of hydrogen-bond donors (Lipinski definition) is 2. The summed E-state index contributed by atoms with van der Waals surface area (Å²) in [6, 6.07) is 13.8. The molecule has 0 spiro atoms. The molecule has 2 N–H and O–H groups in total. The Morgan fingerprint density at radius 1 is 1.30 bits per heavy atom. The van der Waals surface area contributed by atoms with Crippen molar-refractivity contribution in [2.24, 2.45) is 0 Å². The van der Waals surface area contributed by atoms with E-state index in [-0.39, 0.29) is 12.4 Å². The number of aromatic nitrogens is 2. The molecule has 0 aliphatic carbocycles. The van der Waals surface area contributed by atoms with Crippen LogP contribution in [-0.4, -0.2) is 16.1 Å². The minimum absolute atomic E-state index is 0.121. The Labute approximate surface area is 131 Å². The second-order valence-electron chi connectivity index (χ2n) is 4.59. The molecule has 0 fully saturated rings. The molecule has 0 saturated heterocycles. The molecule has 2 aromatic heterocycles. The van der Waals surface area contributed by atoms with Crippen molar-refractivity contribution in [3.63, 3.8) is 0 Å². The lowest BCUT2D eigenvalue weighted by molar-refractivity contribution is 0.0992. The van der Waals surface area contributed by atoms with Crippen LogP contribution in [0.1, 0.15) is 21.9 Å². The average molecular weight is 308 g/mol. The maximum atomic E-state index is 12.0. The van der Waals surface area contributed by atoms with Crippen molar-refractivity contribution in [2.45, 2.75) is 6.61 Å². The molecule has 0 unspecified atom stereocenters. The fourth-order valence-electron chi connectivity index (χ4n) is 1.92. The highest BCUT2D eigenvalue weighted by molar-refractivity contribution is 6.01. The molecule has 0 aliphatic rings. The number of carbonyl (C=O) groups excluding carboxylic acids is 1. The number of anilines is 1. The van der Waals surface area contributed by atoms with Gasteiger partial charge in [-0.1, -0.05) is 12.1 Å². The predicted molar refractivity (Wildman–Crippen MR) is 80.7 cm³/mol. The molecule has 0 saturated carbocycles. The summed E-state index contributed by atoms with van der Waals surface area (Å²) in [5.74, 6) is 1.19. The molecule has 1 amide bonds. The molecule has 3 rings (SSSR count). The first-order valence-electron chi connectivity index (χ1n) is 6.77. The Kier molecular flexibility index (Phi) is 4.07. The van der Waals surface area contributed by atoms with E-state index >= 15 is 0 Å². The number of para-hydroxylation sites is 1. The number of aromatic amines is 1. The van der Waals surface area contributed by atoms with E-state index in [2.05, 4.69) is 21.6 Å². The van der Waals surface area contributed by atoms with Gasteiger partial charge in [-0.15, -0.1) is 0 Å². The third-order valence-electron chi connectivity index (χ3n) is 3.01. The van der Waals surface area contributed by atoms with E-state index in [0.717, 1.165) is 0 Å². The van der Waals surface area contributed by atoms with Crippen LogP contribution in [0.25, 0.3) is 0 Å². The lowest BCUT2D eigenvalue weighted by Gasteiger charge is -2.05. The predicted octanol–water partition coefficient (Wildman–Crippen LogP) is 2.71. The minimum Gasteiger partial charge on any atom is -0.484 e. The number of nitrogens with one attached hydrogen (secondary N) is 2. The zero-order chi connectivity index (χ0) is 16.1. The maximum absolute atomic E-state index is 12.0. The molecule has 0 bridgehead atoms. The van der Waals surface area contributed by atoms with Crippen LogP contribution in [0.2, 0.25) is 0 Å². The highest BCUT2D eigenvalue weighted by atomic mass is 16.5. The maximum Gasteiger partial charge on any atom is 0.292 e. The number of rotatable bonds is 5. The molecule has 3 aromatic rings. The van der Waals surface area contributed by atoms with Gasteiger partial charge in [-0.05, 0) is 24.3 Å². The van der Waals surface area contributed by atoms with Crippen molar-refractivity contribution < 1.29 is 13.9 Å². The van der Waals surface area contributed by atoms with Crippen LogP contribution < -0.4 is 10.1 Å². The average Bonchev–Trinajstić information content (AvgIpc) is 3.24. The summed E-state index contributed by atoms with van der Waals surface area (Å²) in [6.07, 6.45) is 1.53. The fourth-order valence-corrected chi connectivity index (χ4v) is 1.92. The fraction of sp³-hybridized carbons (Fsp3) is 0.0625.